The first-order valence-electron chi connectivity index (χ1n) is 3.41. The van der Waals surface area contributed by atoms with Gasteiger partial charge in [-0.15, -0.1) is 11.8 Å². The van der Waals surface area contributed by atoms with E-state index < -0.39 is 0 Å². The molecule has 48 valence electrons. The van der Waals surface area contributed by atoms with Crippen molar-refractivity contribution in [3.63, 3.8) is 0 Å². The summed E-state index contributed by atoms with van der Waals surface area (Å²) in [5, 5.41) is 1.66. The van der Waals surface area contributed by atoms with Crippen LogP contribution in [0.15, 0.2) is 0 Å². The van der Waals surface area contributed by atoms with Crippen molar-refractivity contribution in [2.45, 2.75) is 34.9 Å². The van der Waals surface area contributed by atoms with Crippen LogP contribution in [0.2, 0.25) is 0 Å². The quantitative estimate of drug-likeness (QED) is 0.446. The summed E-state index contributed by atoms with van der Waals surface area (Å²) < 4.78 is 10.9. The van der Waals surface area contributed by atoms with E-state index in [0.29, 0.717) is 24.4 Å². The number of thioether (sulfide) groups is 1. The fourth-order valence-corrected chi connectivity index (χ4v) is 3.32. The van der Waals surface area contributed by atoms with Gasteiger partial charge in [-0.1, -0.05) is 0 Å². The van der Waals surface area contributed by atoms with Crippen LogP contribution >= 0.6 is 11.8 Å². The largest absolute Gasteiger partial charge is 0.365 e. The Morgan fingerprint density at radius 2 is 1.33 bits per heavy atom. The number of fused-ring (bicyclic) bond motifs is 6. The number of ether oxygens (including phenoxy) is 2. The minimum atomic E-state index is 0.520. The third-order valence-corrected chi connectivity index (χ3v) is 4.09. The molecule has 4 rings (SSSR count). The molecular formula is C6H6O2S. The number of rotatable bonds is 0. The molecule has 2 nitrogen and oxygen atoms in total. The summed E-state index contributed by atoms with van der Waals surface area (Å²) in [6.45, 7) is 0. The minimum absolute atomic E-state index is 0.520. The average Bonchev–Trinajstić information content (AvgIpc) is 2.64. The second-order valence-corrected chi connectivity index (χ2v) is 4.56. The van der Waals surface area contributed by atoms with Crippen molar-refractivity contribution in [3.8, 4) is 0 Å². The predicted molar refractivity (Wildman–Crippen MR) is 32.5 cm³/mol. The molecule has 3 heterocycles. The summed E-state index contributed by atoms with van der Waals surface area (Å²) in [6.07, 6.45) is 2.24. The standard InChI is InChI=1S/C6H6O2S/c7-1-2-4(8-2)6-5(9-6)3(1)7/h1-6H/t1-,2+,3-,4+,5+,6-. The van der Waals surface area contributed by atoms with Crippen LogP contribution in [0.1, 0.15) is 0 Å². The van der Waals surface area contributed by atoms with E-state index in [0.717, 1.165) is 10.5 Å². The first kappa shape index (κ1) is 4.21. The van der Waals surface area contributed by atoms with Crippen LogP contribution in [0.25, 0.3) is 0 Å². The van der Waals surface area contributed by atoms with E-state index in [9.17, 15) is 0 Å². The number of hydrogen-bond acceptors (Lipinski definition) is 3. The lowest BCUT2D eigenvalue weighted by Crippen LogP contribution is -2.20. The summed E-state index contributed by atoms with van der Waals surface area (Å²) in [6, 6.07) is 0. The van der Waals surface area contributed by atoms with Crippen molar-refractivity contribution in [3.05, 3.63) is 0 Å². The molecule has 1 saturated carbocycles. The average molecular weight is 142 g/mol. The molecule has 0 aromatic carbocycles. The molecule has 0 spiro atoms. The van der Waals surface area contributed by atoms with Crippen LogP contribution in [-0.2, 0) is 9.47 Å². The summed E-state index contributed by atoms with van der Waals surface area (Å²) in [5.74, 6) is 0. The third-order valence-electron chi connectivity index (χ3n) is 2.66. The van der Waals surface area contributed by atoms with E-state index in [1.165, 1.54) is 0 Å². The van der Waals surface area contributed by atoms with Crippen molar-refractivity contribution < 1.29 is 9.47 Å². The lowest BCUT2D eigenvalue weighted by atomic mass is 10.0. The summed E-state index contributed by atoms with van der Waals surface area (Å²) in [4.78, 5) is 0. The van der Waals surface area contributed by atoms with Crippen LogP contribution < -0.4 is 0 Å². The van der Waals surface area contributed by atoms with Crippen LogP contribution in [0.4, 0.5) is 0 Å². The summed E-state index contributed by atoms with van der Waals surface area (Å²) in [7, 11) is 0. The lowest BCUT2D eigenvalue weighted by Gasteiger charge is -1.91. The number of hydrogen-bond donors (Lipinski definition) is 0. The third kappa shape index (κ3) is 0.355. The van der Waals surface area contributed by atoms with Gasteiger partial charge in [0, 0.05) is 10.5 Å². The van der Waals surface area contributed by atoms with Gasteiger partial charge in [0.25, 0.3) is 0 Å². The zero-order valence-electron chi connectivity index (χ0n) is 4.69. The lowest BCUT2D eigenvalue weighted by molar-refractivity contribution is 0.299. The van der Waals surface area contributed by atoms with E-state index >= 15 is 0 Å². The van der Waals surface area contributed by atoms with Crippen LogP contribution in [0.5, 0.6) is 0 Å². The second-order valence-electron chi connectivity index (χ2n) is 3.20. The fraction of sp³-hybridized carbons (Fsp3) is 1.00. The van der Waals surface area contributed by atoms with Gasteiger partial charge < -0.3 is 9.47 Å². The van der Waals surface area contributed by atoms with E-state index in [1.54, 1.807) is 0 Å². The smallest absolute Gasteiger partial charge is 0.114 e. The molecule has 3 aliphatic heterocycles. The molecule has 0 aromatic rings. The Balaban J connectivity index is 1.84. The van der Waals surface area contributed by atoms with Crippen molar-refractivity contribution >= 4 is 11.8 Å². The fourth-order valence-electron chi connectivity index (χ4n) is 1.99. The monoisotopic (exact) mass is 142 g/mol. The molecule has 3 heteroatoms. The first-order valence-corrected chi connectivity index (χ1v) is 4.36. The highest BCUT2D eigenvalue weighted by Crippen LogP contribution is 2.64. The normalized spacial score (nSPS) is 80.0. The molecule has 0 radical (unpaired) electrons. The molecule has 0 unspecified atom stereocenters. The highest BCUT2D eigenvalue weighted by Gasteiger charge is 2.75. The molecule has 9 heavy (non-hydrogen) atoms. The Labute approximate surface area is 56.9 Å². The van der Waals surface area contributed by atoms with Gasteiger partial charge in [-0.2, -0.15) is 0 Å². The summed E-state index contributed by atoms with van der Waals surface area (Å²) in [5.41, 5.74) is 0. The molecule has 0 aromatic heterocycles. The maximum absolute atomic E-state index is 5.44. The van der Waals surface area contributed by atoms with Gasteiger partial charge in [-0.3, -0.25) is 0 Å². The highest BCUT2D eigenvalue weighted by molar-refractivity contribution is 8.07. The Bertz CT molecular complexity index is 132. The van der Waals surface area contributed by atoms with Crippen molar-refractivity contribution in [1.29, 1.82) is 0 Å². The SMILES string of the molecule is O1[C@@H]2[C@@H]3O[C@@H]3[C@H]3S[C@H]3[C@H]12. The molecular weight excluding hydrogens is 136 g/mol. The van der Waals surface area contributed by atoms with Gasteiger partial charge in [0.15, 0.2) is 0 Å². The number of epoxide rings is 2. The minimum Gasteiger partial charge on any atom is -0.365 e. The molecule has 3 saturated heterocycles. The van der Waals surface area contributed by atoms with Crippen molar-refractivity contribution in [2.24, 2.45) is 0 Å². The molecule has 4 fully saturated rings. The molecule has 1 aliphatic carbocycles. The Hall–Kier alpha value is 0.270. The maximum Gasteiger partial charge on any atom is 0.114 e. The topological polar surface area (TPSA) is 25.1 Å². The molecule has 6 atom stereocenters. The second kappa shape index (κ2) is 0.966. The molecule has 0 bridgehead atoms. The van der Waals surface area contributed by atoms with Crippen LogP contribution in [0, 0.1) is 0 Å². The van der Waals surface area contributed by atoms with E-state index in [4.69, 9.17) is 9.47 Å². The van der Waals surface area contributed by atoms with Crippen LogP contribution in [0.3, 0.4) is 0 Å². The van der Waals surface area contributed by atoms with Gasteiger partial charge in [0.2, 0.25) is 0 Å². The summed E-state index contributed by atoms with van der Waals surface area (Å²) >= 11 is 2.05. The van der Waals surface area contributed by atoms with E-state index in [1.807, 2.05) is 11.8 Å². The Morgan fingerprint density at radius 1 is 0.778 bits per heavy atom. The zero-order valence-corrected chi connectivity index (χ0v) is 5.51. The van der Waals surface area contributed by atoms with Gasteiger partial charge in [-0.25, -0.2) is 0 Å². The van der Waals surface area contributed by atoms with Crippen molar-refractivity contribution in [2.75, 3.05) is 0 Å². The van der Waals surface area contributed by atoms with Gasteiger partial charge in [0.05, 0.1) is 12.2 Å². The molecule has 4 aliphatic rings. The molecule has 0 amide bonds. The first-order chi connectivity index (χ1) is 4.45. The Kier molecular flexibility index (Phi) is 0.452. The highest BCUT2D eigenvalue weighted by atomic mass is 32.2. The van der Waals surface area contributed by atoms with Gasteiger partial charge in [0.1, 0.15) is 12.2 Å². The predicted octanol–water partition coefficient (Wildman–Crippen LogP) is 0.0188. The van der Waals surface area contributed by atoms with Gasteiger partial charge in [-0.05, 0) is 0 Å². The van der Waals surface area contributed by atoms with Gasteiger partial charge >= 0.3 is 0 Å². The maximum atomic E-state index is 5.44. The van der Waals surface area contributed by atoms with E-state index in [2.05, 4.69) is 0 Å². The zero-order chi connectivity index (χ0) is 5.59. The Morgan fingerprint density at radius 3 is 1.89 bits per heavy atom. The van der Waals surface area contributed by atoms with Crippen molar-refractivity contribution in [1.82, 2.24) is 0 Å². The van der Waals surface area contributed by atoms with Crippen LogP contribution in [-0.4, -0.2) is 34.9 Å². The molecule has 0 N–H and O–H groups in total. The van der Waals surface area contributed by atoms with E-state index in [-0.39, 0.29) is 0 Å².